The predicted octanol–water partition coefficient (Wildman–Crippen LogP) is 8.84. The molecule has 258 valence electrons. The van der Waals surface area contributed by atoms with Crippen LogP contribution in [0, 0.1) is 0 Å². The largest absolute Gasteiger partial charge is 0.492 e. The van der Waals surface area contributed by atoms with E-state index in [0.717, 1.165) is 69.6 Å². The molecular formula is C39H42ClF3N4O2. The van der Waals surface area contributed by atoms with Crippen molar-refractivity contribution in [3.8, 4) is 17.0 Å². The Labute approximate surface area is 290 Å². The van der Waals surface area contributed by atoms with Gasteiger partial charge in [0.2, 0.25) is 0 Å². The maximum atomic E-state index is 14.7. The van der Waals surface area contributed by atoms with Gasteiger partial charge in [-0.15, -0.1) is 0 Å². The smallest absolute Gasteiger partial charge is 0.416 e. The summed E-state index contributed by atoms with van der Waals surface area (Å²) in [4.78, 5) is 24.7. The van der Waals surface area contributed by atoms with Gasteiger partial charge in [0.05, 0.1) is 39.5 Å². The molecule has 3 heterocycles. The van der Waals surface area contributed by atoms with E-state index in [1.165, 1.54) is 25.3 Å². The van der Waals surface area contributed by atoms with Crippen LogP contribution in [-0.2, 0) is 18.3 Å². The van der Waals surface area contributed by atoms with E-state index in [2.05, 4.69) is 15.1 Å². The highest BCUT2D eigenvalue weighted by Gasteiger charge is 2.46. The van der Waals surface area contributed by atoms with Gasteiger partial charge >= 0.3 is 6.18 Å². The van der Waals surface area contributed by atoms with Crippen LogP contribution < -0.4 is 10.1 Å². The van der Waals surface area contributed by atoms with Crippen LogP contribution in [0.3, 0.4) is 0 Å². The van der Waals surface area contributed by atoms with Crippen LogP contribution in [0.1, 0.15) is 78.9 Å². The molecule has 0 radical (unpaired) electrons. The second-order valence-corrected chi connectivity index (χ2v) is 14.0. The van der Waals surface area contributed by atoms with Crippen LogP contribution >= 0.6 is 11.6 Å². The quantitative estimate of drug-likeness (QED) is 0.190. The van der Waals surface area contributed by atoms with Gasteiger partial charge in [0.15, 0.2) is 0 Å². The zero-order chi connectivity index (χ0) is 34.2. The number of benzene rings is 3. The van der Waals surface area contributed by atoms with E-state index in [-0.39, 0.29) is 5.91 Å². The fourth-order valence-electron chi connectivity index (χ4n) is 7.66. The molecule has 1 aliphatic carbocycles. The van der Waals surface area contributed by atoms with Crippen LogP contribution in [0.25, 0.3) is 22.2 Å². The summed E-state index contributed by atoms with van der Waals surface area (Å²) < 4.78 is 47.8. The Morgan fingerprint density at radius 2 is 1.71 bits per heavy atom. The number of hydrogen-bond acceptors (Lipinski definition) is 5. The molecule has 6 nitrogen and oxygen atoms in total. The fraction of sp³-hybridized carbons (Fsp3) is 0.436. The lowest BCUT2D eigenvalue weighted by Gasteiger charge is -2.40. The third-order valence-electron chi connectivity index (χ3n) is 10.4. The molecule has 49 heavy (non-hydrogen) atoms. The molecule has 2 aliphatic heterocycles. The molecule has 4 aromatic rings. The lowest BCUT2D eigenvalue weighted by atomic mass is 9.93. The summed E-state index contributed by atoms with van der Waals surface area (Å²) in [5.41, 5.74) is 1.84. The monoisotopic (exact) mass is 690 g/mol. The zero-order valence-corrected chi connectivity index (χ0v) is 28.5. The molecule has 7 rings (SSSR count). The molecule has 0 atom stereocenters. The summed E-state index contributed by atoms with van der Waals surface area (Å²) in [7, 11) is 0. The van der Waals surface area contributed by atoms with Crippen LogP contribution in [0.15, 0.2) is 66.7 Å². The van der Waals surface area contributed by atoms with E-state index < -0.39 is 17.3 Å². The highest BCUT2D eigenvalue weighted by atomic mass is 35.5. The first-order chi connectivity index (χ1) is 23.6. The molecule has 3 fully saturated rings. The number of ether oxygens (including phenoxy) is 1. The number of nitrogens with zero attached hydrogens (tertiary/aromatic N) is 3. The number of hydrogen-bond donors (Lipinski definition) is 1. The third kappa shape index (κ3) is 7.16. The molecule has 3 aliphatic rings. The standard InChI is InChI=1S/C39H42ClF3N4O2/c1-2-49-34-24-33-30(23-32(34)40)35(37(48)45-38(16-17-38)27-11-5-3-6-12-27)31(36(44-33)26-10-9-13-28(22-26)39(41,42)43)25-46-20-14-29(15-21-46)47-18-7-4-8-19-47/h3,5-6,9-13,22-24,29H,2,4,7-8,14-21,25H2,1H3,(H,45,48). The molecule has 2 saturated heterocycles. The number of alkyl halides is 3. The van der Waals surface area contributed by atoms with Crippen molar-refractivity contribution in [2.75, 3.05) is 32.8 Å². The van der Waals surface area contributed by atoms with Gasteiger partial charge in [0.1, 0.15) is 5.75 Å². The number of halogens is 4. The lowest BCUT2D eigenvalue weighted by molar-refractivity contribution is -0.137. The van der Waals surface area contributed by atoms with Crippen molar-refractivity contribution in [1.82, 2.24) is 20.1 Å². The highest BCUT2D eigenvalue weighted by Crippen LogP contribution is 2.46. The Bertz CT molecular complexity index is 1820. The molecule has 3 aromatic carbocycles. The molecule has 1 amide bonds. The maximum Gasteiger partial charge on any atom is 0.416 e. The van der Waals surface area contributed by atoms with Crippen molar-refractivity contribution in [2.45, 2.75) is 76.2 Å². The lowest BCUT2D eigenvalue weighted by Crippen LogP contribution is -2.46. The molecular weight excluding hydrogens is 649 g/mol. The van der Waals surface area contributed by atoms with Gasteiger partial charge in [-0.1, -0.05) is 60.5 Å². The summed E-state index contributed by atoms with van der Waals surface area (Å²) in [6.07, 6.45) is 2.81. The number of aromatic nitrogens is 1. The molecule has 1 aromatic heterocycles. The van der Waals surface area contributed by atoms with Crippen molar-refractivity contribution >= 4 is 28.4 Å². The number of nitrogens with one attached hydrogen (secondary N) is 1. The fourth-order valence-corrected chi connectivity index (χ4v) is 7.88. The first-order valence-electron chi connectivity index (χ1n) is 17.5. The maximum absolute atomic E-state index is 14.7. The summed E-state index contributed by atoms with van der Waals surface area (Å²) in [6.45, 7) is 6.49. The van der Waals surface area contributed by atoms with Gasteiger partial charge in [-0.25, -0.2) is 4.98 Å². The first-order valence-corrected chi connectivity index (χ1v) is 17.8. The number of piperidine rings is 2. The Morgan fingerprint density at radius 3 is 2.39 bits per heavy atom. The van der Waals surface area contributed by atoms with Crippen molar-refractivity contribution < 1.29 is 22.7 Å². The van der Waals surface area contributed by atoms with Crippen LogP contribution in [-0.4, -0.2) is 59.5 Å². The molecule has 0 bridgehead atoms. The van der Waals surface area contributed by atoms with E-state index in [1.807, 2.05) is 37.3 Å². The molecule has 0 spiro atoms. The van der Waals surface area contributed by atoms with Crippen molar-refractivity contribution in [1.29, 1.82) is 0 Å². The average Bonchev–Trinajstić information content (AvgIpc) is 3.90. The number of likely N-dealkylation sites (tertiary alicyclic amines) is 2. The number of carbonyl (C=O) groups excluding carboxylic acids is 1. The zero-order valence-electron chi connectivity index (χ0n) is 27.8. The average molecular weight is 691 g/mol. The van der Waals surface area contributed by atoms with Crippen molar-refractivity contribution in [3.63, 3.8) is 0 Å². The number of pyridine rings is 1. The summed E-state index contributed by atoms with van der Waals surface area (Å²) in [5.74, 6) is 0.112. The van der Waals surface area contributed by atoms with Gasteiger partial charge in [0.25, 0.3) is 5.91 Å². The number of fused-ring (bicyclic) bond motifs is 1. The second-order valence-electron chi connectivity index (χ2n) is 13.6. The molecule has 10 heteroatoms. The minimum absolute atomic E-state index is 0.291. The van der Waals surface area contributed by atoms with Crippen molar-refractivity contribution in [3.05, 3.63) is 94.0 Å². The van der Waals surface area contributed by atoms with Gasteiger partial charge in [-0.3, -0.25) is 9.69 Å². The van der Waals surface area contributed by atoms with E-state index in [0.29, 0.717) is 63.3 Å². The minimum Gasteiger partial charge on any atom is -0.492 e. The summed E-state index contributed by atoms with van der Waals surface area (Å²) in [5, 5.41) is 4.23. The summed E-state index contributed by atoms with van der Waals surface area (Å²) in [6, 6.07) is 19.1. The van der Waals surface area contributed by atoms with Gasteiger partial charge in [-0.2, -0.15) is 13.2 Å². The third-order valence-corrected chi connectivity index (χ3v) is 10.7. The van der Waals surface area contributed by atoms with Crippen molar-refractivity contribution in [2.24, 2.45) is 0 Å². The Kier molecular flexibility index (Phi) is 9.61. The number of amides is 1. The molecule has 1 N–H and O–H groups in total. The van der Waals surface area contributed by atoms with Gasteiger partial charge < -0.3 is 15.0 Å². The number of rotatable bonds is 9. The van der Waals surface area contributed by atoms with Crippen LogP contribution in [0.4, 0.5) is 13.2 Å². The van der Waals surface area contributed by atoms with Crippen LogP contribution in [0.5, 0.6) is 5.75 Å². The second kappa shape index (κ2) is 13.9. The normalized spacial score (nSPS) is 18.8. The SMILES string of the molecule is CCOc1cc2nc(-c3cccc(C(F)(F)F)c3)c(CN3CCC(N4CCCCC4)CC3)c(C(=O)NC3(c4ccccc4)CC3)c2cc1Cl. The van der Waals surface area contributed by atoms with Crippen LogP contribution in [0.2, 0.25) is 5.02 Å². The highest BCUT2D eigenvalue weighted by molar-refractivity contribution is 6.33. The predicted molar refractivity (Wildman–Crippen MR) is 187 cm³/mol. The Balaban J connectivity index is 1.35. The van der Waals surface area contributed by atoms with Gasteiger partial charge in [0, 0.05) is 35.2 Å². The van der Waals surface area contributed by atoms with E-state index in [9.17, 15) is 18.0 Å². The van der Waals surface area contributed by atoms with E-state index in [1.54, 1.807) is 18.2 Å². The Hall–Kier alpha value is -3.66. The minimum atomic E-state index is -4.53. The topological polar surface area (TPSA) is 57.7 Å². The molecule has 0 unspecified atom stereocenters. The van der Waals surface area contributed by atoms with E-state index >= 15 is 0 Å². The first kappa shape index (κ1) is 33.8. The van der Waals surface area contributed by atoms with Gasteiger partial charge in [-0.05, 0) is 95.4 Å². The molecule has 1 saturated carbocycles. The Morgan fingerprint density at radius 1 is 0.980 bits per heavy atom. The number of carbonyl (C=O) groups is 1. The summed E-state index contributed by atoms with van der Waals surface area (Å²) >= 11 is 6.74. The van der Waals surface area contributed by atoms with E-state index in [4.69, 9.17) is 21.3 Å².